The molecule has 2 N–H and O–H groups in total. The summed E-state index contributed by atoms with van der Waals surface area (Å²) >= 11 is 0. The molecule has 2 heterocycles. The second-order valence-electron chi connectivity index (χ2n) is 8.13. The molecule has 0 amide bonds. The molecule has 1 fully saturated rings. The Morgan fingerprint density at radius 1 is 1.23 bits per heavy atom. The van der Waals surface area contributed by atoms with Crippen molar-refractivity contribution in [2.24, 2.45) is 11.8 Å². The normalized spacial score (nSPS) is 23.3. The van der Waals surface area contributed by atoms with Crippen LogP contribution in [0.3, 0.4) is 0 Å². The second-order valence-corrected chi connectivity index (χ2v) is 10.0. The third-order valence-corrected chi connectivity index (χ3v) is 7.64. The Morgan fingerprint density at radius 2 is 1.97 bits per heavy atom. The topological polar surface area (TPSA) is 69.6 Å². The minimum Gasteiger partial charge on any atom is -0.394 e. The third-order valence-electron chi connectivity index (χ3n) is 5.75. The summed E-state index contributed by atoms with van der Waals surface area (Å²) in [6, 6.07) is 10.0. The summed E-state index contributed by atoms with van der Waals surface area (Å²) in [5.74, 6) is 5.98. The number of nitrogens with zero attached hydrogens (tertiary/aromatic N) is 1. The Bertz CT molecular complexity index is 1100. The molecule has 0 bridgehead atoms. The lowest BCUT2D eigenvalue weighted by molar-refractivity contribution is 0.210. The maximum atomic E-state index is 13.4. The third kappa shape index (κ3) is 3.71. The first-order valence-electron chi connectivity index (χ1n) is 10.1. The summed E-state index contributed by atoms with van der Waals surface area (Å²) in [5.41, 5.74) is 2.51. The minimum absolute atomic E-state index is 0.0639. The van der Waals surface area contributed by atoms with Crippen LogP contribution in [-0.4, -0.2) is 37.0 Å². The van der Waals surface area contributed by atoms with Crippen LogP contribution in [0, 0.1) is 29.5 Å². The van der Waals surface area contributed by atoms with E-state index in [4.69, 9.17) is 0 Å². The monoisotopic (exact) mass is 428 g/mol. The molecule has 4 rings (SSSR count). The Morgan fingerprint density at radius 3 is 2.63 bits per heavy atom. The molecule has 2 aromatic rings. The summed E-state index contributed by atoms with van der Waals surface area (Å²) in [4.78, 5) is 0.0703. The van der Waals surface area contributed by atoms with Gasteiger partial charge in [-0.1, -0.05) is 25.7 Å². The number of hydrogen-bond acceptors (Lipinski definition) is 4. The number of benzene rings is 2. The van der Waals surface area contributed by atoms with Gasteiger partial charge in [-0.25, -0.2) is 12.8 Å². The fourth-order valence-corrected chi connectivity index (χ4v) is 6.00. The van der Waals surface area contributed by atoms with E-state index in [1.165, 1.54) is 16.4 Å². The van der Waals surface area contributed by atoms with Crippen LogP contribution in [0.5, 0.6) is 0 Å². The Hall–Kier alpha value is -2.40. The number of rotatable bonds is 3. The van der Waals surface area contributed by atoms with Crippen molar-refractivity contribution in [2.75, 3.05) is 18.5 Å². The van der Waals surface area contributed by atoms with Gasteiger partial charge in [-0.2, -0.15) is 4.31 Å². The molecule has 0 spiro atoms. The van der Waals surface area contributed by atoms with Gasteiger partial charge in [0, 0.05) is 29.6 Å². The van der Waals surface area contributed by atoms with Crippen molar-refractivity contribution in [1.82, 2.24) is 4.31 Å². The van der Waals surface area contributed by atoms with Crippen molar-refractivity contribution in [3.8, 4) is 11.8 Å². The Balaban J connectivity index is 1.79. The predicted octanol–water partition coefficient (Wildman–Crippen LogP) is 3.37. The SMILES string of the molecule is CC(C)C#Cc1ccc2c(c1)[C@@H]1[C@@H](CCN1S(=O)(=O)c1ccc(F)cc1)[C@@H](CO)N2. The average Bonchev–Trinajstić information content (AvgIpc) is 3.18. The van der Waals surface area contributed by atoms with Crippen molar-refractivity contribution in [1.29, 1.82) is 0 Å². The fraction of sp³-hybridized carbons (Fsp3) is 0.391. The molecule has 0 aliphatic carbocycles. The van der Waals surface area contributed by atoms with E-state index in [1.807, 2.05) is 32.0 Å². The molecule has 30 heavy (non-hydrogen) atoms. The molecule has 0 radical (unpaired) electrons. The van der Waals surface area contributed by atoms with E-state index in [-0.39, 0.29) is 29.4 Å². The highest BCUT2D eigenvalue weighted by Crippen LogP contribution is 2.48. The van der Waals surface area contributed by atoms with Crippen LogP contribution in [0.4, 0.5) is 10.1 Å². The Kier molecular flexibility index (Phi) is 5.58. The second kappa shape index (κ2) is 8.03. The minimum atomic E-state index is -3.82. The van der Waals surface area contributed by atoms with Gasteiger partial charge < -0.3 is 10.4 Å². The van der Waals surface area contributed by atoms with E-state index in [0.717, 1.165) is 28.9 Å². The van der Waals surface area contributed by atoms with Gasteiger partial charge in [0.05, 0.1) is 23.6 Å². The lowest BCUT2D eigenvalue weighted by Crippen LogP contribution is -2.42. The summed E-state index contributed by atoms with van der Waals surface area (Å²) in [7, 11) is -3.82. The van der Waals surface area contributed by atoms with E-state index >= 15 is 0 Å². The maximum Gasteiger partial charge on any atom is 0.243 e. The average molecular weight is 429 g/mol. The molecule has 5 nitrogen and oxygen atoms in total. The van der Waals surface area contributed by atoms with Crippen molar-refractivity contribution >= 4 is 15.7 Å². The summed E-state index contributed by atoms with van der Waals surface area (Å²) in [5, 5.41) is 13.3. The number of fused-ring (bicyclic) bond motifs is 3. The van der Waals surface area contributed by atoms with Gasteiger partial charge in [0.25, 0.3) is 0 Å². The lowest BCUT2D eigenvalue weighted by atomic mass is 9.83. The number of sulfonamides is 1. The molecule has 2 aliphatic heterocycles. The van der Waals surface area contributed by atoms with Gasteiger partial charge in [0.2, 0.25) is 10.0 Å². The van der Waals surface area contributed by atoms with Crippen LogP contribution in [0.25, 0.3) is 0 Å². The van der Waals surface area contributed by atoms with E-state index in [9.17, 15) is 17.9 Å². The van der Waals surface area contributed by atoms with Gasteiger partial charge in [0.15, 0.2) is 0 Å². The van der Waals surface area contributed by atoms with Crippen LogP contribution in [0.1, 0.15) is 37.4 Å². The smallest absolute Gasteiger partial charge is 0.243 e. The van der Waals surface area contributed by atoms with E-state index in [1.54, 1.807) is 0 Å². The molecule has 2 aromatic carbocycles. The highest BCUT2D eigenvalue weighted by Gasteiger charge is 2.48. The van der Waals surface area contributed by atoms with Gasteiger partial charge in [0.1, 0.15) is 5.82 Å². The van der Waals surface area contributed by atoms with E-state index < -0.39 is 21.9 Å². The van der Waals surface area contributed by atoms with Crippen LogP contribution >= 0.6 is 0 Å². The number of halogens is 1. The molecule has 158 valence electrons. The van der Waals surface area contributed by atoms with Gasteiger partial charge in [-0.15, -0.1) is 0 Å². The van der Waals surface area contributed by atoms with Crippen molar-refractivity contribution in [2.45, 2.75) is 37.2 Å². The number of aliphatic hydroxyl groups is 1. The van der Waals surface area contributed by atoms with Gasteiger partial charge in [-0.05, 0) is 54.4 Å². The van der Waals surface area contributed by atoms with Gasteiger partial charge in [-0.3, -0.25) is 0 Å². The largest absolute Gasteiger partial charge is 0.394 e. The van der Waals surface area contributed by atoms with Crippen molar-refractivity contribution in [3.63, 3.8) is 0 Å². The van der Waals surface area contributed by atoms with Gasteiger partial charge >= 0.3 is 0 Å². The Labute approximate surface area is 177 Å². The van der Waals surface area contributed by atoms with Crippen LogP contribution in [-0.2, 0) is 10.0 Å². The molecular formula is C23H25FN2O3S. The van der Waals surface area contributed by atoms with E-state index in [0.29, 0.717) is 13.0 Å². The molecule has 0 saturated carbocycles. The molecule has 7 heteroatoms. The molecule has 0 unspecified atom stereocenters. The zero-order valence-corrected chi connectivity index (χ0v) is 17.8. The highest BCUT2D eigenvalue weighted by molar-refractivity contribution is 7.89. The number of aliphatic hydroxyl groups excluding tert-OH is 1. The molecule has 0 aromatic heterocycles. The molecule has 2 aliphatic rings. The van der Waals surface area contributed by atoms with Crippen LogP contribution < -0.4 is 5.32 Å². The van der Waals surface area contributed by atoms with Crippen LogP contribution in [0.2, 0.25) is 0 Å². The predicted molar refractivity (Wildman–Crippen MR) is 114 cm³/mol. The van der Waals surface area contributed by atoms with Crippen LogP contribution in [0.15, 0.2) is 47.4 Å². The fourth-order valence-electron chi connectivity index (χ4n) is 4.34. The molecular weight excluding hydrogens is 403 g/mol. The van der Waals surface area contributed by atoms with Crippen molar-refractivity contribution in [3.05, 3.63) is 59.4 Å². The highest BCUT2D eigenvalue weighted by atomic mass is 32.2. The first-order valence-corrected chi connectivity index (χ1v) is 11.6. The summed E-state index contributed by atoms with van der Waals surface area (Å²) in [6.07, 6.45) is 0.630. The number of nitrogens with one attached hydrogen (secondary N) is 1. The van der Waals surface area contributed by atoms with E-state index in [2.05, 4.69) is 17.2 Å². The zero-order valence-electron chi connectivity index (χ0n) is 17.0. The molecule has 3 atom stereocenters. The zero-order chi connectivity index (χ0) is 21.5. The lowest BCUT2D eigenvalue weighted by Gasteiger charge is -2.38. The number of hydrogen-bond donors (Lipinski definition) is 2. The van der Waals surface area contributed by atoms with Crippen molar-refractivity contribution < 1.29 is 17.9 Å². The standard InChI is InChI=1S/C23H25FN2O3S/c1-15(2)3-4-16-5-10-21-20(13-16)23-19(22(14-27)25-21)11-12-26(23)30(28,29)18-8-6-17(24)7-9-18/h5-10,13,15,19,22-23,25,27H,11-12,14H2,1-2H3/t19-,22+,23-/m0/s1. The first kappa shape index (κ1) is 20.9. The summed E-state index contributed by atoms with van der Waals surface area (Å²) in [6.45, 7) is 4.29. The summed E-state index contributed by atoms with van der Waals surface area (Å²) < 4.78 is 41.6. The molecule has 1 saturated heterocycles. The first-order chi connectivity index (χ1) is 14.3. The maximum absolute atomic E-state index is 13.4. The quantitative estimate of drug-likeness (QED) is 0.736. The number of anilines is 1.